The molecule has 168 valence electrons. The number of nitrogens with zero attached hydrogens (tertiary/aromatic N) is 3. The molecule has 0 atom stereocenters. The van der Waals surface area contributed by atoms with Crippen molar-refractivity contribution in [2.75, 3.05) is 13.1 Å². The van der Waals surface area contributed by atoms with Crippen LogP contribution in [0.25, 0.3) is 17.0 Å². The predicted octanol–water partition coefficient (Wildman–Crippen LogP) is 3.48. The maximum atomic E-state index is 13.0. The van der Waals surface area contributed by atoms with E-state index < -0.39 is 15.6 Å². The molecule has 1 aromatic heterocycles. The molecule has 0 unspecified atom stereocenters. The highest BCUT2D eigenvalue weighted by atomic mass is 32.2. The van der Waals surface area contributed by atoms with Crippen LogP contribution in [0.2, 0.25) is 0 Å². The quantitative estimate of drug-likeness (QED) is 0.769. The SMILES string of the molecule is O=C1NC(C2CCCCC2)=NC12CCN(S(=O)(=O)/C=C/c1cccc3ncccc13)CC2. The smallest absolute Gasteiger partial charge is 0.253 e. The van der Waals surface area contributed by atoms with Crippen molar-refractivity contribution in [2.24, 2.45) is 10.9 Å². The van der Waals surface area contributed by atoms with Crippen LogP contribution in [0.1, 0.15) is 50.5 Å². The molecule has 5 rings (SSSR count). The average molecular weight is 453 g/mol. The molecule has 7 nitrogen and oxygen atoms in total. The minimum atomic E-state index is -3.60. The second kappa shape index (κ2) is 8.41. The monoisotopic (exact) mass is 452 g/mol. The van der Waals surface area contributed by atoms with Gasteiger partial charge in [0.05, 0.1) is 5.52 Å². The highest BCUT2D eigenvalue weighted by Gasteiger charge is 2.48. The molecule has 0 radical (unpaired) electrons. The van der Waals surface area contributed by atoms with Gasteiger partial charge in [-0.25, -0.2) is 8.42 Å². The third-order valence-corrected chi connectivity index (χ3v) is 8.56. The molecule has 1 amide bonds. The zero-order valence-electron chi connectivity index (χ0n) is 18.0. The molecular formula is C24H28N4O3S. The number of piperidine rings is 1. The van der Waals surface area contributed by atoms with Crippen LogP contribution in [0.4, 0.5) is 0 Å². The molecule has 32 heavy (non-hydrogen) atoms. The maximum Gasteiger partial charge on any atom is 0.253 e. The van der Waals surface area contributed by atoms with Gasteiger partial charge in [-0.1, -0.05) is 37.5 Å². The number of benzene rings is 1. The van der Waals surface area contributed by atoms with E-state index in [4.69, 9.17) is 4.99 Å². The fourth-order valence-electron chi connectivity index (χ4n) is 5.08. The first-order valence-electron chi connectivity index (χ1n) is 11.4. The Kier molecular flexibility index (Phi) is 5.59. The van der Waals surface area contributed by atoms with Crippen molar-refractivity contribution in [3.63, 3.8) is 0 Å². The van der Waals surface area contributed by atoms with Crippen molar-refractivity contribution >= 4 is 38.7 Å². The van der Waals surface area contributed by atoms with E-state index in [1.54, 1.807) is 12.3 Å². The summed E-state index contributed by atoms with van der Waals surface area (Å²) in [6.07, 6.45) is 9.94. The topological polar surface area (TPSA) is 91.7 Å². The minimum Gasteiger partial charge on any atom is -0.312 e. The van der Waals surface area contributed by atoms with Crippen LogP contribution in [-0.2, 0) is 14.8 Å². The molecule has 1 saturated carbocycles. The van der Waals surface area contributed by atoms with E-state index in [0.717, 1.165) is 35.1 Å². The average Bonchev–Trinajstić information content (AvgIpc) is 3.14. The number of aliphatic imine (C=N–C) groups is 1. The Labute approximate surface area is 188 Å². The van der Waals surface area contributed by atoms with E-state index in [-0.39, 0.29) is 5.91 Å². The molecule has 8 heteroatoms. The lowest BCUT2D eigenvalue weighted by Gasteiger charge is -2.34. The van der Waals surface area contributed by atoms with Gasteiger partial charge in [-0.3, -0.25) is 14.8 Å². The molecular weight excluding hydrogens is 424 g/mol. The number of fused-ring (bicyclic) bond motifs is 1. The summed E-state index contributed by atoms with van der Waals surface area (Å²) in [6, 6.07) is 9.42. The van der Waals surface area contributed by atoms with E-state index in [2.05, 4.69) is 10.3 Å². The van der Waals surface area contributed by atoms with Crippen LogP contribution in [0, 0.1) is 5.92 Å². The van der Waals surface area contributed by atoms with Gasteiger partial charge < -0.3 is 5.32 Å². The summed E-state index contributed by atoms with van der Waals surface area (Å²) in [4.78, 5) is 21.9. The minimum absolute atomic E-state index is 0.0612. The van der Waals surface area contributed by atoms with Gasteiger partial charge in [0, 0.05) is 36.0 Å². The van der Waals surface area contributed by atoms with Crippen LogP contribution in [0.5, 0.6) is 0 Å². The van der Waals surface area contributed by atoms with Crippen LogP contribution in [-0.4, -0.2) is 48.1 Å². The van der Waals surface area contributed by atoms with Crippen LogP contribution in [0.3, 0.4) is 0 Å². The molecule has 2 fully saturated rings. The van der Waals surface area contributed by atoms with Gasteiger partial charge in [0.15, 0.2) is 0 Å². The van der Waals surface area contributed by atoms with Crippen molar-refractivity contribution in [1.82, 2.24) is 14.6 Å². The van der Waals surface area contributed by atoms with E-state index >= 15 is 0 Å². The lowest BCUT2D eigenvalue weighted by Crippen LogP contribution is -2.50. The lowest BCUT2D eigenvalue weighted by molar-refractivity contribution is -0.124. The predicted molar refractivity (Wildman–Crippen MR) is 125 cm³/mol. The van der Waals surface area contributed by atoms with Gasteiger partial charge in [-0.2, -0.15) is 4.31 Å². The molecule has 1 aliphatic carbocycles. The summed E-state index contributed by atoms with van der Waals surface area (Å²) in [5.74, 6) is 1.11. The number of sulfonamides is 1. The molecule has 3 heterocycles. The van der Waals surface area contributed by atoms with Gasteiger partial charge in [0.25, 0.3) is 5.91 Å². The van der Waals surface area contributed by atoms with Crippen molar-refractivity contribution in [2.45, 2.75) is 50.5 Å². The van der Waals surface area contributed by atoms with Crippen LogP contribution < -0.4 is 5.32 Å². The third-order valence-electron chi connectivity index (χ3n) is 7.00. The number of amidine groups is 1. The summed E-state index contributed by atoms with van der Waals surface area (Å²) in [6.45, 7) is 0.581. The second-order valence-corrected chi connectivity index (χ2v) is 10.8. The third kappa shape index (κ3) is 3.97. The Balaban J connectivity index is 1.29. The summed E-state index contributed by atoms with van der Waals surface area (Å²) >= 11 is 0. The normalized spacial score (nSPS) is 22.5. The van der Waals surface area contributed by atoms with Gasteiger partial charge in [0.1, 0.15) is 11.4 Å². The first-order chi connectivity index (χ1) is 15.5. The maximum absolute atomic E-state index is 13.0. The fourth-order valence-corrected chi connectivity index (χ4v) is 6.26. The molecule has 1 aromatic carbocycles. The second-order valence-electron chi connectivity index (χ2n) is 8.98. The Morgan fingerprint density at radius 2 is 1.84 bits per heavy atom. The number of hydrogen-bond acceptors (Lipinski definition) is 5. The molecule has 0 bridgehead atoms. The largest absolute Gasteiger partial charge is 0.312 e. The van der Waals surface area contributed by atoms with Crippen LogP contribution >= 0.6 is 0 Å². The number of nitrogens with one attached hydrogen (secondary N) is 1. The lowest BCUT2D eigenvalue weighted by atomic mass is 9.88. The molecule has 2 aliphatic heterocycles. The highest BCUT2D eigenvalue weighted by molar-refractivity contribution is 7.92. The number of rotatable bonds is 4. The number of carbonyl (C=O) groups is 1. The Bertz CT molecular complexity index is 1190. The van der Waals surface area contributed by atoms with E-state index in [1.807, 2.05) is 30.3 Å². The van der Waals surface area contributed by atoms with Gasteiger partial charge in [-0.05, 0) is 49.5 Å². The summed E-state index contributed by atoms with van der Waals surface area (Å²) in [7, 11) is -3.60. The number of pyridine rings is 1. The van der Waals surface area contributed by atoms with Crippen molar-refractivity contribution in [1.29, 1.82) is 0 Å². The Morgan fingerprint density at radius 3 is 2.62 bits per heavy atom. The first kappa shape index (κ1) is 21.3. The molecule has 3 aliphatic rings. The van der Waals surface area contributed by atoms with Gasteiger partial charge >= 0.3 is 0 Å². The molecule has 1 N–H and O–H groups in total. The van der Waals surface area contributed by atoms with Gasteiger partial charge in [0.2, 0.25) is 10.0 Å². The van der Waals surface area contributed by atoms with E-state index in [1.165, 1.54) is 29.0 Å². The highest BCUT2D eigenvalue weighted by Crippen LogP contribution is 2.35. The van der Waals surface area contributed by atoms with Gasteiger partial charge in [-0.15, -0.1) is 0 Å². The van der Waals surface area contributed by atoms with Crippen molar-refractivity contribution in [3.8, 4) is 0 Å². The Morgan fingerprint density at radius 1 is 1.06 bits per heavy atom. The number of amides is 1. The van der Waals surface area contributed by atoms with E-state index in [0.29, 0.717) is 31.8 Å². The standard InChI is InChI=1S/C24H28N4O3S/c29-23-24(27-22(26-23)19-6-2-1-3-7-19)12-15-28(16-13-24)32(30,31)17-11-18-8-4-10-21-20(18)9-5-14-25-21/h4-5,8-11,14,17,19H,1-3,6-7,12-13,15-16H2,(H,26,27,29)/b17-11+. The van der Waals surface area contributed by atoms with Crippen molar-refractivity contribution < 1.29 is 13.2 Å². The van der Waals surface area contributed by atoms with Crippen molar-refractivity contribution in [3.05, 3.63) is 47.5 Å². The van der Waals surface area contributed by atoms with Crippen LogP contribution in [0.15, 0.2) is 46.9 Å². The summed E-state index contributed by atoms with van der Waals surface area (Å²) in [5, 5.41) is 5.20. The summed E-state index contributed by atoms with van der Waals surface area (Å²) in [5.41, 5.74) is 0.833. The first-order valence-corrected chi connectivity index (χ1v) is 12.9. The molecule has 1 saturated heterocycles. The fraction of sp³-hybridized carbons (Fsp3) is 0.458. The summed E-state index contributed by atoms with van der Waals surface area (Å²) < 4.78 is 27.4. The van der Waals surface area contributed by atoms with E-state index in [9.17, 15) is 13.2 Å². The number of aromatic nitrogens is 1. The number of hydrogen-bond donors (Lipinski definition) is 1. The zero-order chi connectivity index (χ0) is 22.2. The molecule has 2 aromatic rings. The Hall–Kier alpha value is -2.58. The molecule has 1 spiro atoms. The zero-order valence-corrected chi connectivity index (χ0v) is 18.9. The number of carbonyl (C=O) groups excluding carboxylic acids is 1.